The summed E-state index contributed by atoms with van der Waals surface area (Å²) in [6.07, 6.45) is -1.22. The number of aromatic nitrogens is 4. The molecule has 0 aliphatic carbocycles. The van der Waals surface area contributed by atoms with Gasteiger partial charge < -0.3 is 24.7 Å². The Morgan fingerprint density at radius 2 is 1.75 bits per heavy atom. The minimum absolute atomic E-state index is 0.166. The van der Waals surface area contributed by atoms with E-state index in [1.165, 1.54) is 38.0 Å². The first kappa shape index (κ1) is 19.5. The van der Waals surface area contributed by atoms with Crippen molar-refractivity contribution in [2.75, 3.05) is 12.3 Å². The van der Waals surface area contributed by atoms with Crippen molar-refractivity contribution in [3.8, 4) is 0 Å². The molecule has 0 saturated carbocycles. The Morgan fingerprint density at radius 1 is 1.07 bits per heavy atom. The number of nitrogens with two attached hydrogens (primary N) is 1. The number of carbonyl (C=O) groups excluding carboxylic acids is 3. The first-order chi connectivity index (χ1) is 13.3. The van der Waals surface area contributed by atoms with Crippen LogP contribution < -0.4 is 5.73 Å². The molecule has 150 valence electrons. The quantitative estimate of drug-likeness (QED) is 0.526. The van der Waals surface area contributed by atoms with E-state index in [-0.39, 0.29) is 12.4 Å². The first-order valence-corrected chi connectivity index (χ1v) is 8.34. The predicted molar refractivity (Wildman–Crippen MR) is 91.4 cm³/mol. The van der Waals surface area contributed by atoms with Gasteiger partial charge in [0.05, 0.1) is 6.33 Å². The fourth-order valence-corrected chi connectivity index (χ4v) is 2.97. The average molecular weight is 393 g/mol. The maximum atomic E-state index is 11.7. The molecule has 2 N–H and O–H groups in total. The molecule has 1 aliphatic rings. The lowest BCUT2D eigenvalue weighted by Gasteiger charge is -2.23. The molecule has 12 heteroatoms. The molecule has 0 unspecified atom stereocenters. The molecule has 3 heterocycles. The van der Waals surface area contributed by atoms with Crippen molar-refractivity contribution in [1.82, 2.24) is 19.5 Å². The van der Waals surface area contributed by atoms with Gasteiger partial charge >= 0.3 is 17.9 Å². The summed E-state index contributed by atoms with van der Waals surface area (Å²) in [4.78, 5) is 46.6. The highest BCUT2D eigenvalue weighted by molar-refractivity contribution is 5.81. The molecule has 4 atom stereocenters. The first-order valence-electron chi connectivity index (χ1n) is 8.34. The number of hydrogen-bond donors (Lipinski definition) is 1. The number of hydrogen-bond acceptors (Lipinski definition) is 11. The second-order valence-electron chi connectivity index (χ2n) is 6.10. The Labute approximate surface area is 158 Å². The van der Waals surface area contributed by atoms with Crippen molar-refractivity contribution in [1.29, 1.82) is 0 Å². The van der Waals surface area contributed by atoms with E-state index in [0.29, 0.717) is 11.2 Å². The molecule has 0 spiro atoms. The van der Waals surface area contributed by atoms with Crippen molar-refractivity contribution in [2.24, 2.45) is 0 Å². The van der Waals surface area contributed by atoms with Crippen LogP contribution >= 0.6 is 0 Å². The number of esters is 3. The van der Waals surface area contributed by atoms with Crippen molar-refractivity contribution < 1.29 is 33.3 Å². The summed E-state index contributed by atoms with van der Waals surface area (Å²) in [6.45, 7) is 3.46. The summed E-state index contributed by atoms with van der Waals surface area (Å²) in [5, 5.41) is 0. The molecule has 0 bridgehead atoms. The van der Waals surface area contributed by atoms with Crippen molar-refractivity contribution in [3.05, 3.63) is 12.7 Å². The van der Waals surface area contributed by atoms with Crippen LogP contribution in [0.1, 0.15) is 27.0 Å². The van der Waals surface area contributed by atoms with Crippen LogP contribution in [0.2, 0.25) is 0 Å². The second-order valence-corrected chi connectivity index (χ2v) is 6.10. The molecule has 1 aliphatic heterocycles. The third kappa shape index (κ3) is 3.86. The van der Waals surface area contributed by atoms with Crippen molar-refractivity contribution in [2.45, 2.75) is 45.3 Å². The van der Waals surface area contributed by atoms with Gasteiger partial charge in [0.15, 0.2) is 29.9 Å². The maximum Gasteiger partial charge on any atom is 0.303 e. The SMILES string of the molecule is CC(=O)OC[C@H]1O[C@@H](n2cnc3c(N)ncnc32)[C@H](OC(C)=O)[C@@H]1OC(C)=O. The molecular formula is C16H19N5O7. The molecule has 12 nitrogen and oxygen atoms in total. The summed E-state index contributed by atoms with van der Waals surface area (Å²) in [6, 6.07) is 0. The van der Waals surface area contributed by atoms with Crippen molar-refractivity contribution >= 4 is 34.9 Å². The number of carbonyl (C=O) groups is 3. The molecule has 0 radical (unpaired) electrons. The lowest BCUT2D eigenvalue weighted by Crippen LogP contribution is -2.40. The molecule has 28 heavy (non-hydrogen) atoms. The predicted octanol–water partition coefficient (Wildman–Crippen LogP) is -0.268. The fourth-order valence-electron chi connectivity index (χ4n) is 2.97. The van der Waals surface area contributed by atoms with Crippen LogP contribution in [0.3, 0.4) is 0 Å². The molecule has 3 rings (SSSR count). The third-order valence-corrected chi connectivity index (χ3v) is 4.00. The lowest BCUT2D eigenvalue weighted by molar-refractivity contribution is -0.166. The summed E-state index contributed by atoms with van der Waals surface area (Å²) >= 11 is 0. The Balaban J connectivity index is 2.01. The average Bonchev–Trinajstić information content (AvgIpc) is 3.16. The standard InChI is InChI=1S/C16H19N5O7/c1-7(22)25-4-10-12(26-8(2)23)13(27-9(3)24)16(28-10)21-6-20-11-14(17)18-5-19-15(11)21/h5-6,10,12-13,16H,4H2,1-3H3,(H2,17,18,19)/t10-,12-,13-,16-/m1/s1. The topological polar surface area (TPSA) is 158 Å². The number of ether oxygens (including phenoxy) is 4. The summed E-state index contributed by atoms with van der Waals surface area (Å²) in [7, 11) is 0. The lowest BCUT2D eigenvalue weighted by atomic mass is 10.1. The van der Waals surface area contributed by atoms with E-state index < -0.39 is 42.4 Å². The Kier molecular flexibility index (Phi) is 5.40. The second kappa shape index (κ2) is 7.76. The van der Waals surface area contributed by atoms with Crippen molar-refractivity contribution in [3.63, 3.8) is 0 Å². The van der Waals surface area contributed by atoms with Gasteiger partial charge in [0, 0.05) is 20.8 Å². The number of rotatable bonds is 5. The number of nitrogens with zero attached hydrogens (tertiary/aromatic N) is 4. The summed E-state index contributed by atoms with van der Waals surface area (Å²) < 4.78 is 23.1. The van der Waals surface area contributed by atoms with Crippen LogP contribution in [0.25, 0.3) is 11.2 Å². The van der Waals surface area contributed by atoms with Gasteiger partial charge in [0.1, 0.15) is 24.6 Å². The van der Waals surface area contributed by atoms with Crippen LogP contribution in [0.5, 0.6) is 0 Å². The number of nitrogen functional groups attached to an aromatic ring is 1. The minimum Gasteiger partial charge on any atom is -0.463 e. The largest absolute Gasteiger partial charge is 0.463 e. The van der Waals surface area contributed by atoms with Gasteiger partial charge in [-0.3, -0.25) is 19.0 Å². The normalized spacial score (nSPS) is 24.1. The highest BCUT2D eigenvalue weighted by Crippen LogP contribution is 2.36. The summed E-state index contributed by atoms with van der Waals surface area (Å²) in [5.74, 6) is -1.59. The van der Waals surface area contributed by atoms with Crippen LogP contribution in [-0.4, -0.2) is 62.3 Å². The monoisotopic (exact) mass is 393 g/mol. The third-order valence-electron chi connectivity index (χ3n) is 4.00. The van der Waals surface area contributed by atoms with Crippen LogP contribution in [0.4, 0.5) is 5.82 Å². The number of anilines is 1. The molecule has 2 aromatic heterocycles. The number of imidazole rings is 1. The maximum absolute atomic E-state index is 11.7. The van der Waals surface area contributed by atoms with Gasteiger partial charge in [-0.25, -0.2) is 15.0 Å². The molecule has 0 aromatic carbocycles. The Morgan fingerprint density at radius 3 is 2.39 bits per heavy atom. The van der Waals surface area contributed by atoms with E-state index in [1.54, 1.807) is 0 Å². The van der Waals surface area contributed by atoms with Gasteiger partial charge in [-0.15, -0.1) is 0 Å². The Hall–Kier alpha value is -3.28. The fraction of sp³-hybridized carbons (Fsp3) is 0.500. The van der Waals surface area contributed by atoms with Gasteiger partial charge in [0.2, 0.25) is 0 Å². The number of fused-ring (bicyclic) bond motifs is 1. The molecule has 2 aromatic rings. The molecule has 1 saturated heterocycles. The minimum atomic E-state index is -1.03. The van der Waals surface area contributed by atoms with E-state index in [2.05, 4.69) is 15.0 Å². The van der Waals surface area contributed by atoms with E-state index in [4.69, 9.17) is 24.7 Å². The smallest absolute Gasteiger partial charge is 0.303 e. The summed E-state index contributed by atoms with van der Waals surface area (Å²) in [5.41, 5.74) is 6.48. The van der Waals surface area contributed by atoms with Gasteiger partial charge in [-0.2, -0.15) is 0 Å². The Bertz CT molecular complexity index is 914. The van der Waals surface area contributed by atoms with Gasteiger partial charge in [-0.05, 0) is 0 Å². The highest BCUT2D eigenvalue weighted by atomic mass is 16.7. The molecule has 1 fully saturated rings. The zero-order valence-electron chi connectivity index (χ0n) is 15.4. The van der Waals surface area contributed by atoms with E-state index in [1.807, 2.05) is 0 Å². The van der Waals surface area contributed by atoms with E-state index in [9.17, 15) is 14.4 Å². The van der Waals surface area contributed by atoms with Gasteiger partial charge in [0.25, 0.3) is 0 Å². The molecular weight excluding hydrogens is 374 g/mol. The molecule has 0 amide bonds. The van der Waals surface area contributed by atoms with Gasteiger partial charge in [-0.1, -0.05) is 0 Å². The van der Waals surface area contributed by atoms with E-state index >= 15 is 0 Å². The highest BCUT2D eigenvalue weighted by Gasteiger charge is 2.51. The van der Waals surface area contributed by atoms with Crippen LogP contribution in [0, 0.1) is 0 Å². The van der Waals surface area contributed by atoms with Crippen LogP contribution in [0.15, 0.2) is 12.7 Å². The zero-order chi connectivity index (χ0) is 20.4. The van der Waals surface area contributed by atoms with E-state index in [0.717, 1.165) is 0 Å². The zero-order valence-corrected chi connectivity index (χ0v) is 15.4. The van der Waals surface area contributed by atoms with Crippen LogP contribution in [-0.2, 0) is 33.3 Å².